The van der Waals surface area contributed by atoms with E-state index in [0.29, 0.717) is 37.6 Å². The van der Waals surface area contributed by atoms with Crippen LogP contribution in [0.25, 0.3) is 0 Å². The highest BCUT2D eigenvalue weighted by molar-refractivity contribution is 5.78. The van der Waals surface area contributed by atoms with E-state index in [9.17, 15) is 19.5 Å². The highest BCUT2D eigenvalue weighted by atomic mass is 16.5. The van der Waals surface area contributed by atoms with Crippen molar-refractivity contribution in [2.75, 3.05) is 33.8 Å². The number of ether oxygens (including phenoxy) is 1. The Morgan fingerprint density at radius 2 is 1.85 bits per heavy atom. The Morgan fingerprint density at radius 1 is 1.15 bits per heavy atom. The summed E-state index contributed by atoms with van der Waals surface area (Å²) >= 11 is 0. The molecule has 0 spiro atoms. The molecule has 2 aliphatic rings. The Labute approximate surface area is 236 Å². The van der Waals surface area contributed by atoms with Gasteiger partial charge in [0.2, 0.25) is 5.91 Å². The molecule has 0 aromatic carbocycles. The van der Waals surface area contributed by atoms with E-state index in [4.69, 9.17) is 10.5 Å². The van der Waals surface area contributed by atoms with Gasteiger partial charge in [-0.05, 0) is 76.3 Å². The molecule has 0 aromatic heterocycles. The summed E-state index contributed by atoms with van der Waals surface area (Å²) in [5.41, 5.74) is 6.41. The maximum absolute atomic E-state index is 13.4. The molecule has 7 atom stereocenters. The lowest BCUT2D eigenvalue weighted by atomic mass is 9.69. The van der Waals surface area contributed by atoms with Gasteiger partial charge in [0.25, 0.3) is 0 Å². The van der Waals surface area contributed by atoms with Crippen LogP contribution in [0, 0.1) is 46.8 Å². The molecule has 8 heteroatoms. The highest BCUT2D eigenvalue weighted by Crippen LogP contribution is 2.57. The van der Waals surface area contributed by atoms with Gasteiger partial charge in [-0.3, -0.25) is 14.4 Å². The van der Waals surface area contributed by atoms with Crippen LogP contribution in [0.3, 0.4) is 0 Å². The third-order valence-electron chi connectivity index (χ3n) is 9.52. The van der Waals surface area contributed by atoms with Gasteiger partial charge >= 0.3 is 11.9 Å². The van der Waals surface area contributed by atoms with Gasteiger partial charge in [0, 0.05) is 30.1 Å². The van der Waals surface area contributed by atoms with Crippen LogP contribution in [0.2, 0.25) is 0 Å². The number of carbonyl (C=O) groups excluding carboxylic acids is 2. The van der Waals surface area contributed by atoms with E-state index < -0.39 is 29.1 Å². The first-order valence-electron chi connectivity index (χ1n) is 15.0. The molecule has 2 bridgehead atoms. The highest BCUT2D eigenvalue weighted by Gasteiger charge is 2.53. The number of rotatable bonds is 19. The molecule has 7 unspecified atom stereocenters. The van der Waals surface area contributed by atoms with Gasteiger partial charge < -0.3 is 25.8 Å². The van der Waals surface area contributed by atoms with Crippen LogP contribution in [0.1, 0.15) is 85.5 Å². The molecular weight excluding hydrogens is 494 g/mol. The van der Waals surface area contributed by atoms with Crippen LogP contribution in [0.5, 0.6) is 0 Å². The summed E-state index contributed by atoms with van der Waals surface area (Å²) in [6, 6.07) is 0. The molecule has 8 nitrogen and oxygen atoms in total. The Morgan fingerprint density at radius 3 is 2.41 bits per heavy atom. The molecule has 1 amide bonds. The topological polar surface area (TPSA) is 122 Å². The molecule has 2 fully saturated rings. The maximum Gasteiger partial charge on any atom is 0.309 e. The summed E-state index contributed by atoms with van der Waals surface area (Å²) in [6.45, 7) is 14.5. The molecule has 0 aliphatic heterocycles. The monoisotopic (exact) mass is 549 g/mol. The predicted octanol–water partition coefficient (Wildman–Crippen LogP) is 4.68. The van der Waals surface area contributed by atoms with Crippen LogP contribution in [0.15, 0.2) is 12.3 Å². The minimum absolute atomic E-state index is 0.0722. The summed E-state index contributed by atoms with van der Waals surface area (Å²) in [5.74, 6) is -1.90. The van der Waals surface area contributed by atoms with Crippen molar-refractivity contribution < 1.29 is 24.2 Å². The summed E-state index contributed by atoms with van der Waals surface area (Å²) in [6.07, 6.45) is 7.58. The maximum atomic E-state index is 13.4. The molecule has 0 radical (unpaired) electrons. The number of likely N-dealkylation sites (N-methyl/N-ethyl adjacent to an activating group) is 1. The number of carbonyl (C=O) groups is 3. The number of hydrogen-bond acceptors (Lipinski definition) is 6. The minimum atomic E-state index is -0.736. The average Bonchev–Trinajstić information content (AvgIpc) is 3.41. The SMILES string of the molecule is C=C(NCCCCCC)C(C)(C)CC(CC(CC1C(C)C2CC(C(=O)O)C1C2)C(N)=O)C(=O)OCCN(C)C. The van der Waals surface area contributed by atoms with E-state index in [1.165, 1.54) is 19.3 Å². The van der Waals surface area contributed by atoms with Crippen molar-refractivity contribution in [3.63, 3.8) is 0 Å². The Hall–Kier alpha value is -2.09. The zero-order chi connectivity index (χ0) is 29.3. The number of nitrogens with one attached hydrogen (secondary N) is 1. The second-order valence-corrected chi connectivity index (χ2v) is 13.2. The zero-order valence-electron chi connectivity index (χ0n) is 25.3. The van der Waals surface area contributed by atoms with Crippen LogP contribution < -0.4 is 11.1 Å². The van der Waals surface area contributed by atoms with Crippen molar-refractivity contribution in [2.45, 2.75) is 85.5 Å². The molecule has 0 heterocycles. The number of primary amides is 1. The van der Waals surface area contributed by atoms with Gasteiger partial charge in [0.15, 0.2) is 0 Å². The van der Waals surface area contributed by atoms with Crippen LogP contribution in [-0.2, 0) is 19.1 Å². The fourth-order valence-corrected chi connectivity index (χ4v) is 6.91. The number of carboxylic acids is 1. The van der Waals surface area contributed by atoms with Crippen LogP contribution >= 0.6 is 0 Å². The van der Waals surface area contributed by atoms with E-state index in [0.717, 1.165) is 31.5 Å². The van der Waals surface area contributed by atoms with Crippen molar-refractivity contribution in [1.29, 1.82) is 0 Å². The van der Waals surface area contributed by atoms with Gasteiger partial charge in [0.1, 0.15) is 6.61 Å². The number of esters is 1. The second-order valence-electron chi connectivity index (χ2n) is 13.2. The number of nitrogens with zero attached hydrogens (tertiary/aromatic N) is 1. The summed E-state index contributed by atoms with van der Waals surface area (Å²) < 4.78 is 5.68. The summed E-state index contributed by atoms with van der Waals surface area (Å²) in [7, 11) is 3.85. The van der Waals surface area contributed by atoms with Crippen LogP contribution in [-0.4, -0.2) is 61.6 Å². The summed E-state index contributed by atoms with van der Waals surface area (Å²) in [5, 5.41) is 13.2. The van der Waals surface area contributed by atoms with E-state index in [-0.39, 0.29) is 30.3 Å². The van der Waals surface area contributed by atoms with Gasteiger partial charge in [0.05, 0.1) is 11.8 Å². The predicted molar refractivity (Wildman–Crippen MR) is 155 cm³/mol. The van der Waals surface area contributed by atoms with Gasteiger partial charge in [-0.25, -0.2) is 0 Å². The minimum Gasteiger partial charge on any atom is -0.481 e. The first kappa shape index (κ1) is 33.1. The molecule has 39 heavy (non-hydrogen) atoms. The number of amides is 1. The van der Waals surface area contributed by atoms with Crippen molar-refractivity contribution in [2.24, 2.45) is 52.6 Å². The van der Waals surface area contributed by atoms with Gasteiger partial charge in [-0.1, -0.05) is 53.5 Å². The lowest BCUT2D eigenvalue weighted by Crippen LogP contribution is -2.38. The van der Waals surface area contributed by atoms with Crippen molar-refractivity contribution >= 4 is 17.8 Å². The summed E-state index contributed by atoms with van der Waals surface area (Å²) in [4.78, 5) is 39.9. The van der Waals surface area contributed by atoms with Crippen molar-refractivity contribution in [3.8, 4) is 0 Å². The largest absolute Gasteiger partial charge is 0.481 e. The smallest absolute Gasteiger partial charge is 0.309 e. The molecular formula is C31H55N3O5. The Balaban J connectivity index is 2.14. The fraction of sp³-hybridized carbons (Fsp3) is 0.839. The lowest BCUT2D eigenvalue weighted by Gasteiger charge is -2.36. The van der Waals surface area contributed by atoms with Gasteiger partial charge in [-0.2, -0.15) is 0 Å². The number of fused-ring (bicyclic) bond motifs is 2. The normalized spacial score (nSPS) is 25.9. The lowest BCUT2D eigenvalue weighted by molar-refractivity contribution is -0.150. The second kappa shape index (κ2) is 15.1. The molecule has 4 N–H and O–H groups in total. The standard InChI is InChI=1S/C31H55N3O5/c1-8-9-10-11-12-33-21(3)31(4,5)19-24(30(38)39-14-13-34(6)7)15-23(28(32)35)18-25-20(2)22-16-26(25)27(17-22)29(36)37/h20,22-27,33H,3,8-19H2,1-2,4-7H3,(H2,32,35)(H,36,37). The average molecular weight is 550 g/mol. The zero-order valence-corrected chi connectivity index (χ0v) is 25.3. The number of carboxylic acid groups (broad SMARTS) is 1. The third kappa shape index (κ3) is 9.51. The molecule has 2 rings (SSSR count). The van der Waals surface area contributed by atoms with E-state index in [1.807, 2.05) is 19.0 Å². The number of hydrogen-bond donors (Lipinski definition) is 3. The Kier molecular flexibility index (Phi) is 12.8. The number of allylic oxidation sites excluding steroid dienone is 1. The molecule has 0 aromatic rings. The van der Waals surface area contributed by atoms with Crippen molar-refractivity contribution in [3.05, 3.63) is 12.3 Å². The van der Waals surface area contributed by atoms with Crippen LogP contribution in [0.4, 0.5) is 0 Å². The molecule has 0 saturated heterocycles. The number of nitrogens with two attached hydrogens (primary N) is 1. The molecule has 2 aliphatic carbocycles. The number of unbranched alkanes of at least 4 members (excludes halogenated alkanes) is 3. The third-order valence-corrected chi connectivity index (χ3v) is 9.52. The Bertz CT molecular complexity index is 842. The first-order valence-corrected chi connectivity index (χ1v) is 15.0. The first-order chi connectivity index (χ1) is 18.3. The molecule has 224 valence electrons. The van der Waals surface area contributed by atoms with E-state index in [1.54, 1.807) is 0 Å². The number of aliphatic carboxylic acids is 1. The fourth-order valence-electron chi connectivity index (χ4n) is 6.91. The van der Waals surface area contributed by atoms with Crippen molar-refractivity contribution in [1.82, 2.24) is 10.2 Å². The van der Waals surface area contributed by atoms with E-state index in [2.05, 4.69) is 39.6 Å². The van der Waals surface area contributed by atoms with E-state index >= 15 is 0 Å². The van der Waals surface area contributed by atoms with Gasteiger partial charge in [-0.15, -0.1) is 0 Å². The quantitative estimate of drug-likeness (QED) is 0.158. The molecule has 2 saturated carbocycles.